The van der Waals surface area contributed by atoms with Crippen LogP contribution in [0.4, 0.5) is 0 Å². The second-order valence-corrected chi connectivity index (χ2v) is 3.29. The zero-order valence-electron chi connectivity index (χ0n) is 7.96. The number of aliphatic hydroxyl groups excluding tert-OH is 2. The average molecular weight is 198 g/mol. The maximum Gasteiger partial charge on any atom is 0.330 e. The Bertz CT molecular complexity index is 257. The third-order valence-corrected chi connectivity index (χ3v) is 1.85. The highest BCUT2D eigenvalue weighted by molar-refractivity contribution is 5.82. The number of carbonyl (C=O) groups is 1. The third-order valence-electron chi connectivity index (χ3n) is 1.85. The fourth-order valence-electron chi connectivity index (χ4n) is 1.19. The van der Waals surface area contributed by atoms with Crippen molar-refractivity contribution in [2.45, 2.75) is 31.7 Å². The molecule has 0 aliphatic carbocycles. The Kier molecular flexibility index (Phi) is 3.85. The van der Waals surface area contributed by atoms with Crippen LogP contribution in [-0.2, 0) is 9.53 Å². The summed E-state index contributed by atoms with van der Waals surface area (Å²) in [5, 5.41) is 18.6. The van der Waals surface area contributed by atoms with Crippen molar-refractivity contribution in [1.29, 1.82) is 0 Å². The molecule has 0 fully saturated rings. The first kappa shape index (κ1) is 10.9. The molecule has 0 saturated carbocycles. The molecule has 0 aromatic carbocycles. The Hall–Kier alpha value is -1.13. The molecule has 3 atom stereocenters. The van der Waals surface area contributed by atoms with Crippen LogP contribution in [0.5, 0.6) is 0 Å². The molecule has 78 valence electrons. The van der Waals surface area contributed by atoms with E-state index in [4.69, 9.17) is 4.74 Å². The normalized spacial score (nSPS) is 38.5. The number of hydrogen-bond donors (Lipinski definition) is 2. The highest BCUT2D eigenvalue weighted by atomic mass is 16.5. The fourth-order valence-corrected chi connectivity index (χ4v) is 1.19. The van der Waals surface area contributed by atoms with Gasteiger partial charge in [0.2, 0.25) is 0 Å². The Morgan fingerprint density at radius 3 is 2.79 bits per heavy atom. The van der Waals surface area contributed by atoms with Gasteiger partial charge in [-0.3, -0.25) is 0 Å². The molecule has 0 aromatic heterocycles. The second kappa shape index (κ2) is 4.93. The number of cyclic esters (lactones) is 1. The molecule has 0 amide bonds. The van der Waals surface area contributed by atoms with E-state index in [0.29, 0.717) is 6.42 Å². The van der Waals surface area contributed by atoms with Crippen molar-refractivity contribution in [2.75, 3.05) is 0 Å². The molecule has 4 nitrogen and oxygen atoms in total. The summed E-state index contributed by atoms with van der Waals surface area (Å²) in [6.45, 7) is 1.71. The van der Waals surface area contributed by atoms with Gasteiger partial charge in [0, 0.05) is 12.5 Å². The SMILES string of the molecule is C[C@H]1C[C@@H](O)/C=C/[C@@H](O)/C=C\C(=O)O1. The number of rotatable bonds is 0. The minimum atomic E-state index is -0.856. The number of esters is 1. The van der Waals surface area contributed by atoms with E-state index in [1.54, 1.807) is 6.92 Å². The molecule has 0 unspecified atom stereocenters. The molecule has 2 N–H and O–H groups in total. The van der Waals surface area contributed by atoms with E-state index < -0.39 is 18.2 Å². The molecule has 0 spiro atoms. The minimum Gasteiger partial charge on any atom is -0.459 e. The molecular weight excluding hydrogens is 184 g/mol. The summed E-state index contributed by atoms with van der Waals surface area (Å²) in [7, 11) is 0. The van der Waals surface area contributed by atoms with Gasteiger partial charge in [0.25, 0.3) is 0 Å². The van der Waals surface area contributed by atoms with Crippen LogP contribution in [0, 0.1) is 0 Å². The van der Waals surface area contributed by atoms with Crippen molar-refractivity contribution in [3.05, 3.63) is 24.3 Å². The van der Waals surface area contributed by atoms with E-state index in [9.17, 15) is 15.0 Å². The number of carbonyl (C=O) groups excluding carboxylic acids is 1. The van der Waals surface area contributed by atoms with Crippen LogP contribution in [0.2, 0.25) is 0 Å². The molecule has 1 aliphatic heterocycles. The Morgan fingerprint density at radius 1 is 1.36 bits per heavy atom. The zero-order chi connectivity index (χ0) is 10.6. The first-order valence-electron chi connectivity index (χ1n) is 4.51. The predicted octanol–water partition coefficient (Wildman–Crippen LogP) is 0.156. The zero-order valence-corrected chi connectivity index (χ0v) is 7.96. The fraction of sp³-hybridized carbons (Fsp3) is 0.500. The van der Waals surface area contributed by atoms with Crippen molar-refractivity contribution in [3.63, 3.8) is 0 Å². The number of ether oxygens (including phenoxy) is 1. The van der Waals surface area contributed by atoms with Gasteiger partial charge >= 0.3 is 5.97 Å². The lowest BCUT2D eigenvalue weighted by Crippen LogP contribution is -2.20. The summed E-state index contributed by atoms with van der Waals surface area (Å²) in [4.78, 5) is 11.0. The predicted molar refractivity (Wildman–Crippen MR) is 50.5 cm³/mol. The summed E-state index contributed by atoms with van der Waals surface area (Å²) >= 11 is 0. The highest BCUT2D eigenvalue weighted by Gasteiger charge is 2.12. The maximum atomic E-state index is 11.0. The lowest BCUT2D eigenvalue weighted by atomic mass is 10.1. The van der Waals surface area contributed by atoms with E-state index >= 15 is 0 Å². The largest absolute Gasteiger partial charge is 0.459 e. The monoisotopic (exact) mass is 198 g/mol. The quantitative estimate of drug-likeness (QED) is 0.429. The molecule has 1 heterocycles. The molecule has 1 aliphatic rings. The van der Waals surface area contributed by atoms with Crippen LogP contribution in [-0.4, -0.2) is 34.5 Å². The first-order chi connectivity index (χ1) is 6.58. The van der Waals surface area contributed by atoms with Crippen molar-refractivity contribution in [2.24, 2.45) is 0 Å². The van der Waals surface area contributed by atoms with Crippen molar-refractivity contribution >= 4 is 5.97 Å². The van der Waals surface area contributed by atoms with E-state index in [1.807, 2.05) is 0 Å². The van der Waals surface area contributed by atoms with E-state index in [1.165, 1.54) is 24.3 Å². The maximum absolute atomic E-state index is 11.0. The van der Waals surface area contributed by atoms with Crippen LogP contribution in [0.1, 0.15) is 13.3 Å². The van der Waals surface area contributed by atoms with Crippen molar-refractivity contribution in [1.82, 2.24) is 0 Å². The molecular formula is C10H14O4. The summed E-state index contributed by atoms with van der Waals surface area (Å²) in [6.07, 6.45) is 3.87. The van der Waals surface area contributed by atoms with Gasteiger partial charge in [-0.25, -0.2) is 4.79 Å². The lowest BCUT2D eigenvalue weighted by Gasteiger charge is -2.15. The van der Waals surface area contributed by atoms with Gasteiger partial charge in [-0.05, 0) is 13.0 Å². The highest BCUT2D eigenvalue weighted by Crippen LogP contribution is 2.07. The first-order valence-corrected chi connectivity index (χ1v) is 4.51. The van der Waals surface area contributed by atoms with Gasteiger partial charge in [0.1, 0.15) is 6.10 Å². The second-order valence-electron chi connectivity index (χ2n) is 3.29. The summed E-state index contributed by atoms with van der Waals surface area (Å²) in [5.74, 6) is -0.501. The van der Waals surface area contributed by atoms with Gasteiger partial charge in [-0.2, -0.15) is 0 Å². The topological polar surface area (TPSA) is 66.8 Å². The van der Waals surface area contributed by atoms with Crippen LogP contribution in [0.3, 0.4) is 0 Å². The summed E-state index contributed by atoms with van der Waals surface area (Å²) in [6, 6.07) is 0. The lowest BCUT2D eigenvalue weighted by molar-refractivity contribution is -0.143. The Balaban J connectivity index is 2.72. The Morgan fingerprint density at radius 2 is 2.07 bits per heavy atom. The van der Waals surface area contributed by atoms with E-state index in [2.05, 4.69) is 0 Å². The molecule has 0 radical (unpaired) electrons. The van der Waals surface area contributed by atoms with Gasteiger partial charge in [0.15, 0.2) is 0 Å². The molecule has 14 heavy (non-hydrogen) atoms. The smallest absolute Gasteiger partial charge is 0.330 e. The minimum absolute atomic E-state index is 0.331. The molecule has 0 bridgehead atoms. The van der Waals surface area contributed by atoms with Crippen LogP contribution < -0.4 is 0 Å². The average Bonchev–Trinajstić information content (AvgIpc) is 2.10. The summed E-state index contributed by atoms with van der Waals surface area (Å²) in [5.41, 5.74) is 0. The Labute approximate surface area is 82.5 Å². The van der Waals surface area contributed by atoms with Gasteiger partial charge in [-0.1, -0.05) is 12.2 Å². The van der Waals surface area contributed by atoms with Crippen LogP contribution >= 0.6 is 0 Å². The number of aliphatic hydroxyl groups is 2. The van der Waals surface area contributed by atoms with Crippen LogP contribution in [0.15, 0.2) is 24.3 Å². The van der Waals surface area contributed by atoms with Gasteiger partial charge < -0.3 is 14.9 Å². The van der Waals surface area contributed by atoms with E-state index in [0.717, 1.165) is 0 Å². The summed E-state index contributed by atoms with van der Waals surface area (Å²) < 4.78 is 4.91. The van der Waals surface area contributed by atoms with Crippen molar-refractivity contribution < 1.29 is 19.7 Å². The molecule has 0 saturated heterocycles. The molecule has 1 rings (SSSR count). The standard InChI is InChI=1S/C10H14O4/c1-7-6-9(12)3-2-8(11)4-5-10(13)14-7/h2-5,7-9,11-12H,6H2,1H3/b3-2+,5-4-/t7-,8+,9-/m0/s1. The number of hydrogen-bond acceptors (Lipinski definition) is 4. The molecule has 0 aromatic rings. The third kappa shape index (κ3) is 3.72. The van der Waals surface area contributed by atoms with Gasteiger partial charge in [-0.15, -0.1) is 0 Å². The van der Waals surface area contributed by atoms with Crippen LogP contribution in [0.25, 0.3) is 0 Å². The van der Waals surface area contributed by atoms with Crippen molar-refractivity contribution in [3.8, 4) is 0 Å². The molecule has 4 heteroatoms. The van der Waals surface area contributed by atoms with E-state index in [-0.39, 0.29) is 6.10 Å². The van der Waals surface area contributed by atoms with Gasteiger partial charge in [0.05, 0.1) is 12.2 Å².